The minimum absolute atomic E-state index is 0.0593. The third-order valence-electron chi connectivity index (χ3n) is 4.11. The third-order valence-corrected chi connectivity index (χ3v) is 4.11. The number of hydrogen-bond acceptors (Lipinski definition) is 9. The summed E-state index contributed by atoms with van der Waals surface area (Å²) in [6.45, 7) is 10.7. The van der Waals surface area contributed by atoms with E-state index in [9.17, 15) is 5.11 Å². The van der Waals surface area contributed by atoms with Gasteiger partial charge in [-0.2, -0.15) is 10.5 Å². The Morgan fingerprint density at radius 2 is 1.45 bits per heavy atom. The van der Waals surface area contributed by atoms with Gasteiger partial charge in [-0.25, -0.2) is 4.98 Å². The number of nitrogens with two attached hydrogens (primary N) is 1. The number of anilines is 1. The van der Waals surface area contributed by atoms with E-state index in [-0.39, 0.29) is 11.4 Å². The van der Waals surface area contributed by atoms with Gasteiger partial charge in [-0.15, -0.1) is 0 Å². The van der Waals surface area contributed by atoms with Gasteiger partial charge in [0.1, 0.15) is 11.3 Å². The lowest BCUT2D eigenvalue weighted by Gasteiger charge is -2.15. The number of nitrogens with zero attached hydrogens (tertiary/aromatic N) is 3. The second kappa shape index (κ2) is 14.4. The molecule has 3 aromatic rings. The molecular weight excluding hydrogens is 424 g/mol. The topological polar surface area (TPSA) is 148 Å². The van der Waals surface area contributed by atoms with Crippen molar-refractivity contribution in [1.82, 2.24) is 4.98 Å². The van der Waals surface area contributed by atoms with Crippen LogP contribution in [0, 0.1) is 36.5 Å². The highest BCUT2D eigenvalue weighted by atomic mass is 16.8. The van der Waals surface area contributed by atoms with Crippen molar-refractivity contribution in [2.24, 2.45) is 0 Å². The Hall–Kier alpha value is -3.63. The average molecular weight is 455 g/mol. The molecule has 1 heterocycles. The summed E-state index contributed by atoms with van der Waals surface area (Å²) in [4.78, 5) is 3.97. The van der Waals surface area contributed by atoms with E-state index in [1.54, 1.807) is 25.1 Å². The lowest BCUT2D eigenvalue weighted by Crippen LogP contribution is -2.20. The van der Waals surface area contributed by atoms with E-state index < -0.39 is 6.48 Å². The first kappa shape index (κ1) is 27.4. The average Bonchev–Trinajstić information content (AvgIpc) is 3.28. The van der Waals surface area contributed by atoms with Crippen LogP contribution in [0.3, 0.4) is 0 Å². The largest absolute Gasteiger partial charge is 0.506 e. The van der Waals surface area contributed by atoms with Crippen LogP contribution < -0.4 is 5.73 Å². The van der Waals surface area contributed by atoms with Crippen LogP contribution in [0.1, 0.15) is 43.0 Å². The molecule has 0 aliphatic heterocycles. The van der Waals surface area contributed by atoms with Gasteiger partial charge in [-0.05, 0) is 70.0 Å². The first-order valence-electron chi connectivity index (χ1n) is 10.4. The first-order chi connectivity index (χ1) is 15.8. The van der Waals surface area contributed by atoms with E-state index in [1.165, 1.54) is 12.5 Å². The number of aromatic hydroxyl groups is 1. The standard InChI is InChI=1S/C9H6N2O.C8H8N2O.C7H16O3/c1-6-2-7(4-10)3-8-9(6)12-5-11-8;1-5-2-6(4-9)3-7(10)8(5)11;1-4-8-7(9-5-2)10-6-3/h2-3,5H,1H3;2-3,11H,10H2,1H3;7H,4-6H2,1-3H3. The SMILES string of the molecule is CCOC(OCC)OCC.Cc1cc(C#N)cc(N)c1O.Cc1cc(C#N)cc2ncoc12. The summed E-state index contributed by atoms with van der Waals surface area (Å²) in [5, 5.41) is 26.3. The number of nitriles is 2. The van der Waals surface area contributed by atoms with Crippen LogP contribution in [-0.2, 0) is 14.2 Å². The van der Waals surface area contributed by atoms with Crippen LogP contribution in [0.5, 0.6) is 5.75 Å². The summed E-state index contributed by atoms with van der Waals surface area (Å²) >= 11 is 0. The monoisotopic (exact) mass is 454 g/mol. The molecule has 0 spiro atoms. The predicted octanol–water partition coefficient (Wildman–Crippen LogP) is 4.54. The van der Waals surface area contributed by atoms with Gasteiger partial charge in [0, 0.05) is 19.8 Å². The van der Waals surface area contributed by atoms with E-state index in [1.807, 2.05) is 33.8 Å². The Labute approximate surface area is 193 Å². The van der Waals surface area contributed by atoms with Crippen molar-refractivity contribution < 1.29 is 23.7 Å². The van der Waals surface area contributed by atoms with Crippen LogP contribution in [0.4, 0.5) is 5.69 Å². The second-order valence-corrected chi connectivity index (χ2v) is 6.60. The van der Waals surface area contributed by atoms with E-state index in [4.69, 9.17) is 34.9 Å². The maximum Gasteiger partial charge on any atom is 0.271 e. The molecular formula is C24H30N4O5. The van der Waals surface area contributed by atoms with Crippen molar-refractivity contribution in [1.29, 1.82) is 10.5 Å². The van der Waals surface area contributed by atoms with Crippen LogP contribution in [0.25, 0.3) is 11.1 Å². The van der Waals surface area contributed by atoms with Crippen molar-refractivity contribution in [3.8, 4) is 17.9 Å². The van der Waals surface area contributed by atoms with Gasteiger partial charge in [0.05, 0.1) is 29.0 Å². The Morgan fingerprint density at radius 1 is 0.939 bits per heavy atom. The van der Waals surface area contributed by atoms with Crippen molar-refractivity contribution in [3.63, 3.8) is 0 Å². The zero-order valence-corrected chi connectivity index (χ0v) is 19.6. The molecule has 0 saturated carbocycles. The van der Waals surface area contributed by atoms with Gasteiger partial charge in [0.2, 0.25) is 0 Å². The molecule has 3 rings (SSSR count). The van der Waals surface area contributed by atoms with E-state index in [2.05, 4.69) is 11.1 Å². The van der Waals surface area contributed by atoms with Gasteiger partial charge in [0.25, 0.3) is 6.48 Å². The van der Waals surface area contributed by atoms with Crippen LogP contribution >= 0.6 is 0 Å². The number of oxazole rings is 1. The highest BCUT2D eigenvalue weighted by Gasteiger charge is 2.05. The minimum Gasteiger partial charge on any atom is -0.506 e. The quantitative estimate of drug-likeness (QED) is 0.311. The number of aromatic nitrogens is 1. The molecule has 0 bridgehead atoms. The minimum atomic E-state index is -0.472. The van der Waals surface area contributed by atoms with Crippen molar-refractivity contribution in [3.05, 3.63) is 52.9 Å². The van der Waals surface area contributed by atoms with Crippen LogP contribution in [-0.4, -0.2) is 36.4 Å². The summed E-state index contributed by atoms with van der Waals surface area (Å²) in [5.41, 5.74) is 9.81. The molecule has 9 heteroatoms. The first-order valence-corrected chi connectivity index (χ1v) is 10.4. The molecule has 33 heavy (non-hydrogen) atoms. The van der Waals surface area contributed by atoms with Gasteiger partial charge < -0.3 is 29.5 Å². The number of benzene rings is 2. The van der Waals surface area contributed by atoms with Crippen LogP contribution in [0.15, 0.2) is 35.1 Å². The zero-order valence-electron chi connectivity index (χ0n) is 19.6. The highest BCUT2D eigenvalue weighted by Crippen LogP contribution is 2.25. The molecule has 1 aromatic heterocycles. The van der Waals surface area contributed by atoms with E-state index >= 15 is 0 Å². The summed E-state index contributed by atoms with van der Waals surface area (Å²) in [6, 6.07) is 10.5. The van der Waals surface area contributed by atoms with Gasteiger partial charge in [-0.3, -0.25) is 0 Å². The maximum absolute atomic E-state index is 9.19. The number of rotatable bonds is 6. The Kier molecular flexibility index (Phi) is 12.0. The highest BCUT2D eigenvalue weighted by molar-refractivity contribution is 5.77. The molecule has 0 amide bonds. The van der Waals surface area contributed by atoms with Crippen molar-refractivity contribution in [2.45, 2.75) is 41.1 Å². The molecule has 0 aliphatic rings. The number of aryl methyl sites for hydroxylation is 2. The third kappa shape index (κ3) is 8.79. The number of fused-ring (bicyclic) bond motifs is 1. The molecule has 0 radical (unpaired) electrons. The number of phenols is 1. The van der Waals surface area contributed by atoms with E-state index in [0.29, 0.717) is 36.5 Å². The number of hydrogen-bond donors (Lipinski definition) is 2. The van der Waals surface area contributed by atoms with Gasteiger partial charge >= 0.3 is 0 Å². The summed E-state index contributed by atoms with van der Waals surface area (Å²) in [7, 11) is 0. The molecule has 0 fully saturated rings. The Morgan fingerprint density at radius 3 is 1.94 bits per heavy atom. The molecule has 9 nitrogen and oxygen atoms in total. The summed E-state index contributed by atoms with van der Waals surface area (Å²) in [5.74, 6) is 0.0593. The molecule has 3 N–H and O–H groups in total. The lowest BCUT2D eigenvalue weighted by atomic mass is 10.1. The smallest absolute Gasteiger partial charge is 0.271 e. The fourth-order valence-corrected chi connectivity index (χ4v) is 2.63. The predicted molar refractivity (Wildman–Crippen MR) is 124 cm³/mol. The van der Waals surface area contributed by atoms with E-state index in [0.717, 1.165) is 16.7 Å². The second-order valence-electron chi connectivity index (χ2n) is 6.60. The van der Waals surface area contributed by atoms with Crippen LogP contribution in [0.2, 0.25) is 0 Å². The summed E-state index contributed by atoms with van der Waals surface area (Å²) < 4.78 is 20.4. The molecule has 0 unspecified atom stereocenters. The summed E-state index contributed by atoms with van der Waals surface area (Å²) in [6.07, 6.45) is 1.39. The fraction of sp³-hybridized carbons (Fsp3) is 0.375. The molecule has 0 atom stereocenters. The van der Waals surface area contributed by atoms with Gasteiger partial charge in [0.15, 0.2) is 12.0 Å². The van der Waals surface area contributed by atoms with Crippen molar-refractivity contribution in [2.75, 3.05) is 25.6 Å². The van der Waals surface area contributed by atoms with Gasteiger partial charge in [-0.1, -0.05) is 0 Å². The van der Waals surface area contributed by atoms with Crippen molar-refractivity contribution >= 4 is 16.8 Å². The molecule has 0 aliphatic carbocycles. The fourth-order valence-electron chi connectivity index (χ4n) is 2.63. The Bertz CT molecular complexity index is 1060. The number of phenolic OH excluding ortho intramolecular Hbond substituents is 1. The maximum atomic E-state index is 9.19. The molecule has 0 saturated heterocycles. The number of nitrogen functional groups attached to an aromatic ring is 1. The normalized spacial score (nSPS) is 9.94. The Balaban J connectivity index is 0.000000249. The zero-order chi connectivity index (χ0) is 24.8. The molecule has 2 aromatic carbocycles. The lowest BCUT2D eigenvalue weighted by molar-refractivity contribution is -0.282. The molecule has 176 valence electrons. The number of ether oxygens (including phenoxy) is 3.